The fourth-order valence-electron chi connectivity index (χ4n) is 2.35. The highest BCUT2D eigenvalue weighted by Gasteiger charge is 2.18. The normalized spacial score (nSPS) is 16.4. The number of nitrogens with zero attached hydrogens (tertiary/aromatic N) is 4. The van der Waals surface area contributed by atoms with Gasteiger partial charge in [-0.25, -0.2) is 15.8 Å². The van der Waals surface area contributed by atoms with Gasteiger partial charge in [-0.2, -0.15) is 0 Å². The molecule has 0 atom stereocenters. The van der Waals surface area contributed by atoms with Crippen LogP contribution in [0, 0.1) is 0 Å². The fraction of sp³-hybridized carbons (Fsp3) is 0.385. The van der Waals surface area contributed by atoms with Crippen LogP contribution in [0.4, 0.5) is 10.9 Å². The Bertz CT molecular complexity index is 536. The molecule has 1 aliphatic rings. The Balaban J connectivity index is 1.55. The minimum absolute atomic E-state index is 0.712. The Labute approximate surface area is 122 Å². The van der Waals surface area contributed by atoms with Crippen LogP contribution >= 0.6 is 11.3 Å². The second kappa shape index (κ2) is 6.17. The van der Waals surface area contributed by atoms with Gasteiger partial charge in [0.2, 0.25) is 0 Å². The molecular formula is C13H18N6S. The zero-order valence-electron chi connectivity index (χ0n) is 11.2. The molecule has 0 bridgehead atoms. The highest BCUT2D eigenvalue weighted by Crippen LogP contribution is 2.19. The van der Waals surface area contributed by atoms with Crippen LogP contribution in [0.25, 0.3) is 0 Å². The number of hydrazine groups is 1. The first-order chi connectivity index (χ1) is 9.85. The van der Waals surface area contributed by atoms with Gasteiger partial charge < -0.3 is 10.3 Å². The van der Waals surface area contributed by atoms with Gasteiger partial charge in [-0.1, -0.05) is 6.07 Å². The van der Waals surface area contributed by atoms with Gasteiger partial charge in [-0.3, -0.25) is 4.90 Å². The number of hydrogen-bond donors (Lipinski definition) is 2. The second-order valence-electron chi connectivity index (χ2n) is 4.74. The number of anilines is 2. The van der Waals surface area contributed by atoms with E-state index < -0.39 is 0 Å². The summed E-state index contributed by atoms with van der Waals surface area (Å²) in [5, 5.41) is 3.15. The Morgan fingerprint density at radius 3 is 2.80 bits per heavy atom. The van der Waals surface area contributed by atoms with Crippen molar-refractivity contribution < 1.29 is 0 Å². The molecule has 0 unspecified atom stereocenters. The summed E-state index contributed by atoms with van der Waals surface area (Å²) in [5.74, 6) is 6.10. The molecule has 3 rings (SSSR count). The largest absolute Gasteiger partial charge is 0.346 e. The van der Waals surface area contributed by atoms with Crippen molar-refractivity contribution >= 4 is 22.3 Å². The first kappa shape index (κ1) is 13.3. The molecular weight excluding hydrogens is 272 g/mol. The van der Waals surface area contributed by atoms with Crippen molar-refractivity contribution in [3.8, 4) is 0 Å². The quantitative estimate of drug-likeness (QED) is 0.650. The molecule has 0 amide bonds. The number of hydrogen-bond acceptors (Lipinski definition) is 7. The number of nitrogens with one attached hydrogen (secondary N) is 1. The molecule has 7 heteroatoms. The third-order valence-corrected chi connectivity index (χ3v) is 4.23. The number of piperazine rings is 1. The first-order valence-corrected chi connectivity index (χ1v) is 7.52. The monoisotopic (exact) mass is 290 g/mol. The van der Waals surface area contributed by atoms with Crippen molar-refractivity contribution in [1.29, 1.82) is 0 Å². The molecule has 6 nitrogen and oxygen atoms in total. The van der Waals surface area contributed by atoms with E-state index in [4.69, 9.17) is 5.84 Å². The van der Waals surface area contributed by atoms with E-state index in [0.29, 0.717) is 5.82 Å². The van der Waals surface area contributed by atoms with E-state index >= 15 is 0 Å². The van der Waals surface area contributed by atoms with Gasteiger partial charge in [0.25, 0.3) is 0 Å². The zero-order valence-corrected chi connectivity index (χ0v) is 12.0. The smallest absolute Gasteiger partial charge is 0.185 e. The maximum atomic E-state index is 5.39. The van der Waals surface area contributed by atoms with E-state index in [1.54, 1.807) is 11.3 Å². The topological polar surface area (TPSA) is 70.3 Å². The van der Waals surface area contributed by atoms with E-state index in [0.717, 1.165) is 43.5 Å². The van der Waals surface area contributed by atoms with Gasteiger partial charge in [-0.05, 0) is 12.1 Å². The van der Waals surface area contributed by atoms with Crippen LogP contribution in [0.1, 0.15) is 5.69 Å². The van der Waals surface area contributed by atoms with Gasteiger partial charge in [0.05, 0.1) is 5.69 Å². The second-order valence-corrected chi connectivity index (χ2v) is 5.61. The average Bonchev–Trinajstić information content (AvgIpc) is 3.02. The molecule has 1 fully saturated rings. The van der Waals surface area contributed by atoms with Crippen molar-refractivity contribution in [1.82, 2.24) is 14.9 Å². The molecule has 0 aliphatic carbocycles. The lowest BCUT2D eigenvalue weighted by atomic mass is 10.3. The predicted molar refractivity (Wildman–Crippen MR) is 81.7 cm³/mol. The van der Waals surface area contributed by atoms with E-state index in [1.807, 2.05) is 29.8 Å². The summed E-state index contributed by atoms with van der Waals surface area (Å²) in [6, 6.07) is 5.88. The van der Waals surface area contributed by atoms with Crippen LogP contribution in [0.3, 0.4) is 0 Å². The molecule has 2 aromatic heterocycles. The zero-order chi connectivity index (χ0) is 13.8. The van der Waals surface area contributed by atoms with Crippen LogP contribution < -0.4 is 16.2 Å². The van der Waals surface area contributed by atoms with Gasteiger partial charge in [0.1, 0.15) is 5.82 Å². The Morgan fingerprint density at radius 2 is 2.10 bits per heavy atom. The van der Waals surface area contributed by atoms with E-state index in [2.05, 4.69) is 25.2 Å². The number of aromatic nitrogens is 2. The predicted octanol–water partition coefficient (Wildman–Crippen LogP) is 1.15. The Morgan fingerprint density at radius 1 is 1.25 bits per heavy atom. The maximum absolute atomic E-state index is 5.39. The highest BCUT2D eigenvalue weighted by molar-refractivity contribution is 7.13. The number of rotatable bonds is 4. The van der Waals surface area contributed by atoms with Crippen molar-refractivity contribution in [2.75, 3.05) is 36.5 Å². The third-order valence-electron chi connectivity index (χ3n) is 3.40. The molecule has 3 N–H and O–H groups in total. The van der Waals surface area contributed by atoms with Crippen LogP contribution in [0.2, 0.25) is 0 Å². The lowest BCUT2D eigenvalue weighted by Crippen LogP contribution is -2.46. The molecule has 1 aliphatic heterocycles. The third kappa shape index (κ3) is 3.06. The lowest BCUT2D eigenvalue weighted by Gasteiger charge is -2.34. The summed E-state index contributed by atoms with van der Waals surface area (Å²) >= 11 is 1.70. The SMILES string of the molecule is NNc1cccc(CN2CCN(c3nccs3)CC2)n1. The number of thiazole rings is 1. The van der Waals surface area contributed by atoms with Crippen molar-refractivity contribution in [3.63, 3.8) is 0 Å². The molecule has 0 aromatic carbocycles. The lowest BCUT2D eigenvalue weighted by molar-refractivity contribution is 0.247. The molecule has 106 valence electrons. The van der Waals surface area contributed by atoms with Crippen molar-refractivity contribution in [3.05, 3.63) is 35.5 Å². The summed E-state index contributed by atoms with van der Waals surface area (Å²) in [7, 11) is 0. The summed E-state index contributed by atoms with van der Waals surface area (Å²) in [4.78, 5) is 13.6. The summed E-state index contributed by atoms with van der Waals surface area (Å²) < 4.78 is 0. The summed E-state index contributed by atoms with van der Waals surface area (Å²) in [6.07, 6.45) is 1.86. The first-order valence-electron chi connectivity index (χ1n) is 6.64. The fourth-order valence-corrected chi connectivity index (χ4v) is 3.04. The van der Waals surface area contributed by atoms with E-state index in [-0.39, 0.29) is 0 Å². The summed E-state index contributed by atoms with van der Waals surface area (Å²) in [6.45, 7) is 4.95. The maximum Gasteiger partial charge on any atom is 0.185 e. The Hall–Kier alpha value is -1.70. The molecule has 20 heavy (non-hydrogen) atoms. The van der Waals surface area contributed by atoms with Crippen LogP contribution in [-0.4, -0.2) is 41.0 Å². The van der Waals surface area contributed by atoms with Gasteiger partial charge >= 0.3 is 0 Å². The molecule has 0 spiro atoms. The van der Waals surface area contributed by atoms with Crippen molar-refractivity contribution in [2.24, 2.45) is 5.84 Å². The van der Waals surface area contributed by atoms with Gasteiger partial charge in [0, 0.05) is 44.3 Å². The average molecular weight is 290 g/mol. The van der Waals surface area contributed by atoms with Gasteiger partial charge in [0.15, 0.2) is 5.13 Å². The van der Waals surface area contributed by atoms with Crippen molar-refractivity contribution in [2.45, 2.75) is 6.54 Å². The highest BCUT2D eigenvalue weighted by atomic mass is 32.1. The number of pyridine rings is 1. The van der Waals surface area contributed by atoms with Crippen LogP contribution in [-0.2, 0) is 6.54 Å². The molecule has 2 aromatic rings. The standard InChI is InChI=1S/C13H18N6S/c14-17-12-3-1-2-11(16-12)10-18-5-7-19(8-6-18)13-15-4-9-20-13/h1-4,9H,5-8,10,14H2,(H,16,17). The minimum Gasteiger partial charge on any atom is -0.346 e. The molecule has 3 heterocycles. The minimum atomic E-state index is 0.712. The Kier molecular flexibility index (Phi) is 4.10. The molecule has 1 saturated heterocycles. The number of nitrogen functional groups attached to an aromatic ring is 1. The molecule has 0 saturated carbocycles. The van der Waals surface area contributed by atoms with E-state index in [1.165, 1.54) is 0 Å². The van der Waals surface area contributed by atoms with E-state index in [9.17, 15) is 0 Å². The summed E-state index contributed by atoms with van der Waals surface area (Å²) in [5.41, 5.74) is 3.63. The van der Waals surface area contributed by atoms with Crippen LogP contribution in [0.15, 0.2) is 29.8 Å². The van der Waals surface area contributed by atoms with Crippen LogP contribution in [0.5, 0.6) is 0 Å². The van der Waals surface area contributed by atoms with Gasteiger partial charge in [-0.15, -0.1) is 11.3 Å². The number of nitrogens with two attached hydrogens (primary N) is 1. The molecule has 0 radical (unpaired) electrons.